The third kappa shape index (κ3) is 2.60. The van der Waals surface area contributed by atoms with Crippen LogP contribution >= 0.6 is 23.2 Å². The van der Waals surface area contributed by atoms with E-state index in [0.717, 1.165) is 0 Å². The van der Waals surface area contributed by atoms with Gasteiger partial charge in [-0.15, -0.1) is 23.2 Å². The first-order chi connectivity index (χ1) is 8.15. The van der Waals surface area contributed by atoms with E-state index in [1.165, 1.54) is 6.92 Å². The molecule has 0 heterocycles. The average molecular weight is 291 g/mol. The molecule has 0 unspecified atom stereocenters. The highest BCUT2D eigenvalue weighted by Gasteiger charge is 2.69. The summed E-state index contributed by atoms with van der Waals surface area (Å²) in [5, 5.41) is 8.70. The normalized spacial score (nSPS) is 25.7. The van der Waals surface area contributed by atoms with E-state index in [-0.39, 0.29) is 17.7 Å². The number of esters is 1. The second-order valence-corrected chi connectivity index (χ2v) is 5.87. The third-order valence-corrected chi connectivity index (χ3v) is 3.93. The molecule has 98 valence electrons. The molecule has 1 fully saturated rings. The zero-order chi connectivity index (χ0) is 14.1. The van der Waals surface area contributed by atoms with Gasteiger partial charge in [0.15, 0.2) is 6.61 Å². The van der Waals surface area contributed by atoms with Crippen molar-refractivity contribution in [2.45, 2.75) is 24.6 Å². The molecule has 0 amide bonds. The number of hydrogen-bond acceptors (Lipinski definition) is 5. The minimum atomic E-state index is -1.15. The molecule has 0 aromatic carbocycles. The summed E-state index contributed by atoms with van der Waals surface area (Å²) in [6, 6.07) is 1.66. The van der Waals surface area contributed by atoms with Crippen molar-refractivity contribution in [2.75, 3.05) is 6.61 Å². The lowest BCUT2D eigenvalue weighted by Gasteiger charge is -2.11. The maximum atomic E-state index is 11.7. The van der Waals surface area contributed by atoms with Crippen molar-refractivity contribution >= 4 is 35.0 Å². The molecule has 0 spiro atoms. The smallest absolute Gasteiger partial charge is 0.315 e. The van der Waals surface area contributed by atoms with E-state index < -0.39 is 28.1 Å². The van der Waals surface area contributed by atoms with Crippen molar-refractivity contribution in [3.8, 4) is 6.07 Å². The minimum absolute atomic E-state index is 0.0835. The number of rotatable bonds is 4. The standard InChI is InChI=1S/C11H12Cl2N2O3/c1-6(15)7(3-14)8(16)4-18-9(17)10(2)5-11(10,12)13/h4-5,15H2,1-2H3/b7-6-/t10-/m1/s1. The Morgan fingerprint density at radius 3 is 2.33 bits per heavy atom. The molecule has 7 heteroatoms. The van der Waals surface area contributed by atoms with E-state index in [9.17, 15) is 9.59 Å². The maximum Gasteiger partial charge on any atom is 0.315 e. The Morgan fingerprint density at radius 2 is 2.00 bits per heavy atom. The number of nitrogens with zero attached hydrogens (tertiary/aromatic N) is 1. The van der Waals surface area contributed by atoms with E-state index in [4.69, 9.17) is 38.9 Å². The molecule has 0 aromatic heterocycles. The number of alkyl halides is 2. The summed E-state index contributed by atoms with van der Waals surface area (Å²) in [7, 11) is 0. The highest BCUT2D eigenvalue weighted by Crippen LogP contribution is 2.64. The predicted molar refractivity (Wildman–Crippen MR) is 65.6 cm³/mol. The van der Waals surface area contributed by atoms with Crippen LogP contribution in [0.25, 0.3) is 0 Å². The number of carbonyl (C=O) groups is 2. The van der Waals surface area contributed by atoms with Gasteiger partial charge in [-0.2, -0.15) is 5.26 Å². The van der Waals surface area contributed by atoms with Crippen molar-refractivity contribution in [2.24, 2.45) is 11.1 Å². The zero-order valence-corrected chi connectivity index (χ0v) is 11.4. The van der Waals surface area contributed by atoms with Gasteiger partial charge in [0.05, 0.1) is 0 Å². The molecule has 0 bridgehead atoms. The number of Topliss-reactive ketones (excluding diaryl/α,β-unsaturated/α-hetero) is 1. The fourth-order valence-electron chi connectivity index (χ4n) is 1.35. The molecule has 0 aliphatic heterocycles. The van der Waals surface area contributed by atoms with Crippen LogP contribution in [0.2, 0.25) is 0 Å². The molecule has 0 aromatic rings. The summed E-state index contributed by atoms with van der Waals surface area (Å²) in [5.74, 6) is -1.31. The number of ketones is 1. The van der Waals surface area contributed by atoms with E-state index >= 15 is 0 Å². The number of nitrogens with two attached hydrogens (primary N) is 1. The molecular weight excluding hydrogens is 279 g/mol. The Bertz CT molecular complexity index is 475. The molecule has 18 heavy (non-hydrogen) atoms. The van der Waals surface area contributed by atoms with Gasteiger partial charge < -0.3 is 10.5 Å². The number of allylic oxidation sites excluding steroid dienone is 1. The Kier molecular flexibility index (Phi) is 3.94. The van der Waals surface area contributed by atoms with Gasteiger partial charge in [0.25, 0.3) is 0 Å². The van der Waals surface area contributed by atoms with Gasteiger partial charge in [0.2, 0.25) is 5.78 Å². The lowest BCUT2D eigenvalue weighted by Crippen LogP contribution is -2.25. The highest BCUT2D eigenvalue weighted by atomic mass is 35.5. The second-order valence-electron chi connectivity index (χ2n) is 4.38. The van der Waals surface area contributed by atoms with Crippen LogP contribution < -0.4 is 5.73 Å². The fraction of sp³-hybridized carbons (Fsp3) is 0.545. The first-order valence-electron chi connectivity index (χ1n) is 5.10. The largest absolute Gasteiger partial charge is 0.457 e. The zero-order valence-electron chi connectivity index (χ0n) is 9.92. The average Bonchev–Trinajstić information content (AvgIpc) is 2.76. The van der Waals surface area contributed by atoms with Crippen molar-refractivity contribution in [1.29, 1.82) is 5.26 Å². The first kappa shape index (κ1) is 14.8. The molecule has 5 nitrogen and oxygen atoms in total. The van der Waals surface area contributed by atoms with Crippen LogP contribution in [0.1, 0.15) is 20.3 Å². The molecule has 1 aliphatic rings. The van der Waals surface area contributed by atoms with Crippen molar-refractivity contribution in [3.05, 3.63) is 11.3 Å². The quantitative estimate of drug-likeness (QED) is 0.366. The van der Waals surface area contributed by atoms with Gasteiger partial charge in [-0.25, -0.2) is 0 Å². The Morgan fingerprint density at radius 1 is 1.50 bits per heavy atom. The Balaban J connectivity index is 2.59. The Labute approximate surface area is 114 Å². The lowest BCUT2D eigenvalue weighted by molar-refractivity contribution is -0.152. The molecule has 1 atom stereocenters. The number of nitriles is 1. The second kappa shape index (κ2) is 4.79. The summed E-state index contributed by atoms with van der Waals surface area (Å²) in [5.41, 5.74) is 4.22. The number of carbonyl (C=O) groups excluding carboxylic acids is 2. The maximum absolute atomic E-state index is 11.7. The minimum Gasteiger partial charge on any atom is -0.457 e. The summed E-state index contributed by atoms with van der Waals surface area (Å²) in [6.45, 7) is 2.42. The van der Waals surface area contributed by atoms with E-state index in [1.54, 1.807) is 13.0 Å². The van der Waals surface area contributed by atoms with Crippen LogP contribution in [-0.4, -0.2) is 22.7 Å². The molecule has 2 N–H and O–H groups in total. The van der Waals surface area contributed by atoms with Crippen LogP contribution in [0, 0.1) is 16.7 Å². The van der Waals surface area contributed by atoms with Crippen LogP contribution in [-0.2, 0) is 14.3 Å². The molecular formula is C11H12Cl2N2O3. The van der Waals surface area contributed by atoms with E-state index in [0.29, 0.717) is 0 Å². The molecule has 0 saturated heterocycles. The molecule has 1 saturated carbocycles. The Hall–Kier alpha value is -1.25. The van der Waals surface area contributed by atoms with Crippen molar-refractivity contribution < 1.29 is 14.3 Å². The molecule has 1 rings (SSSR count). The summed E-state index contributed by atoms with van der Waals surface area (Å²) in [6.07, 6.45) is 0.271. The lowest BCUT2D eigenvalue weighted by atomic mass is 10.1. The summed E-state index contributed by atoms with van der Waals surface area (Å²) < 4.78 is 3.65. The topological polar surface area (TPSA) is 93.2 Å². The molecule has 0 radical (unpaired) electrons. The number of ether oxygens (including phenoxy) is 1. The number of hydrogen-bond donors (Lipinski definition) is 1. The molecule has 1 aliphatic carbocycles. The third-order valence-electron chi connectivity index (χ3n) is 2.83. The van der Waals surface area contributed by atoms with Crippen LogP contribution in [0.3, 0.4) is 0 Å². The van der Waals surface area contributed by atoms with E-state index in [1.807, 2.05) is 0 Å². The van der Waals surface area contributed by atoms with Gasteiger partial charge in [-0.3, -0.25) is 9.59 Å². The van der Waals surface area contributed by atoms with Crippen molar-refractivity contribution in [1.82, 2.24) is 0 Å². The van der Waals surface area contributed by atoms with Gasteiger partial charge in [-0.1, -0.05) is 0 Å². The van der Waals surface area contributed by atoms with Crippen LogP contribution in [0.4, 0.5) is 0 Å². The van der Waals surface area contributed by atoms with Crippen molar-refractivity contribution in [3.63, 3.8) is 0 Å². The van der Waals surface area contributed by atoms with Gasteiger partial charge in [0.1, 0.15) is 21.4 Å². The van der Waals surface area contributed by atoms with Gasteiger partial charge in [0, 0.05) is 12.1 Å². The van der Waals surface area contributed by atoms with Crippen LogP contribution in [0.5, 0.6) is 0 Å². The fourth-order valence-corrected chi connectivity index (χ4v) is 2.04. The predicted octanol–water partition coefficient (Wildman–Crippen LogP) is 1.44. The van der Waals surface area contributed by atoms with Crippen LogP contribution in [0.15, 0.2) is 11.3 Å². The van der Waals surface area contributed by atoms with Gasteiger partial charge >= 0.3 is 5.97 Å². The first-order valence-corrected chi connectivity index (χ1v) is 5.86. The van der Waals surface area contributed by atoms with Gasteiger partial charge in [-0.05, 0) is 13.8 Å². The number of halogens is 2. The summed E-state index contributed by atoms with van der Waals surface area (Å²) >= 11 is 11.6. The monoisotopic (exact) mass is 290 g/mol. The summed E-state index contributed by atoms with van der Waals surface area (Å²) in [4.78, 5) is 23.2. The van der Waals surface area contributed by atoms with E-state index in [2.05, 4.69) is 0 Å². The highest BCUT2D eigenvalue weighted by molar-refractivity contribution is 6.53. The SMILES string of the molecule is C/C(N)=C(\C#N)C(=O)COC(=O)[C@@]1(C)CC1(Cl)Cl.